The lowest BCUT2D eigenvalue weighted by molar-refractivity contribution is 0.412. The minimum Gasteiger partial charge on any atom is -0.496 e. The second-order valence-corrected chi connectivity index (χ2v) is 3.97. The van der Waals surface area contributed by atoms with Gasteiger partial charge in [0.25, 0.3) is 0 Å². The number of benzene rings is 1. The third kappa shape index (κ3) is 3.16. The van der Waals surface area contributed by atoms with Crippen molar-refractivity contribution in [1.29, 1.82) is 0 Å². The average Bonchev–Trinajstić information content (AvgIpc) is 2.16. The van der Waals surface area contributed by atoms with Crippen LogP contribution in [0.25, 0.3) is 6.08 Å². The van der Waals surface area contributed by atoms with E-state index in [-0.39, 0.29) is 6.04 Å². The van der Waals surface area contributed by atoms with E-state index >= 15 is 0 Å². The molecule has 0 radical (unpaired) electrons. The molecule has 1 rings (SSSR count). The van der Waals surface area contributed by atoms with Gasteiger partial charge in [-0.1, -0.05) is 18.2 Å². The van der Waals surface area contributed by atoms with Gasteiger partial charge in [-0.3, -0.25) is 0 Å². The standard InChI is InChI=1S/C11H14BrNO/c1-8(13)3-4-9-5-6-10(12)11(7-9)14-2/h3-8H,13H2,1-2H3/b4-3+. The van der Waals surface area contributed by atoms with Crippen molar-refractivity contribution in [3.63, 3.8) is 0 Å². The Morgan fingerprint density at radius 1 is 1.50 bits per heavy atom. The number of hydrogen-bond acceptors (Lipinski definition) is 2. The highest BCUT2D eigenvalue weighted by molar-refractivity contribution is 9.10. The van der Waals surface area contributed by atoms with Crippen LogP contribution in [-0.2, 0) is 0 Å². The Morgan fingerprint density at radius 2 is 2.21 bits per heavy atom. The molecule has 1 aromatic rings. The van der Waals surface area contributed by atoms with Gasteiger partial charge in [0.05, 0.1) is 11.6 Å². The second-order valence-electron chi connectivity index (χ2n) is 3.11. The molecule has 2 nitrogen and oxygen atoms in total. The minimum absolute atomic E-state index is 0.0737. The molecule has 0 aromatic heterocycles. The molecule has 3 heteroatoms. The van der Waals surface area contributed by atoms with Crippen LogP contribution in [0.2, 0.25) is 0 Å². The third-order valence-corrected chi connectivity index (χ3v) is 2.42. The summed E-state index contributed by atoms with van der Waals surface area (Å²) in [7, 11) is 1.65. The molecular formula is C11H14BrNO. The van der Waals surface area contributed by atoms with Crippen LogP contribution in [0.5, 0.6) is 5.75 Å². The molecule has 0 saturated heterocycles. The third-order valence-electron chi connectivity index (χ3n) is 1.77. The van der Waals surface area contributed by atoms with E-state index < -0.39 is 0 Å². The maximum Gasteiger partial charge on any atom is 0.133 e. The zero-order valence-electron chi connectivity index (χ0n) is 8.33. The summed E-state index contributed by atoms with van der Waals surface area (Å²) >= 11 is 3.40. The summed E-state index contributed by atoms with van der Waals surface area (Å²) in [5, 5.41) is 0. The van der Waals surface area contributed by atoms with E-state index in [1.807, 2.05) is 37.3 Å². The molecule has 0 saturated carbocycles. The summed E-state index contributed by atoms with van der Waals surface area (Å²) in [5.74, 6) is 0.830. The lowest BCUT2D eigenvalue weighted by atomic mass is 10.2. The molecule has 2 N–H and O–H groups in total. The monoisotopic (exact) mass is 255 g/mol. The highest BCUT2D eigenvalue weighted by Crippen LogP contribution is 2.25. The van der Waals surface area contributed by atoms with Crippen LogP contribution in [0, 0.1) is 0 Å². The van der Waals surface area contributed by atoms with E-state index in [1.165, 1.54) is 0 Å². The van der Waals surface area contributed by atoms with Gasteiger partial charge in [-0.05, 0) is 40.5 Å². The molecule has 0 heterocycles. The number of rotatable bonds is 3. The quantitative estimate of drug-likeness (QED) is 0.902. The SMILES string of the molecule is COc1cc(/C=C/C(C)N)ccc1Br. The Kier molecular flexibility index (Phi) is 4.17. The van der Waals surface area contributed by atoms with E-state index in [4.69, 9.17) is 10.5 Å². The van der Waals surface area contributed by atoms with Gasteiger partial charge >= 0.3 is 0 Å². The van der Waals surface area contributed by atoms with Crippen molar-refractivity contribution in [1.82, 2.24) is 0 Å². The van der Waals surface area contributed by atoms with Gasteiger partial charge in [-0.15, -0.1) is 0 Å². The molecule has 14 heavy (non-hydrogen) atoms. The van der Waals surface area contributed by atoms with E-state index in [0.29, 0.717) is 0 Å². The fraction of sp³-hybridized carbons (Fsp3) is 0.273. The van der Waals surface area contributed by atoms with Crippen molar-refractivity contribution < 1.29 is 4.74 Å². The van der Waals surface area contributed by atoms with Crippen LogP contribution in [0.3, 0.4) is 0 Å². The van der Waals surface area contributed by atoms with Crippen molar-refractivity contribution in [2.24, 2.45) is 5.73 Å². The normalized spacial score (nSPS) is 13.1. The highest BCUT2D eigenvalue weighted by atomic mass is 79.9. The van der Waals surface area contributed by atoms with E-state index in [2.05, 4.69) is 15.9 Å². The molecule has 1 aromatic carbocycles. The molecule has 0 fully saturated rings. The van der Waals surface area contributed by atoms with E-state index in [0.717, 1.165) is 15.8 Å². The van der Waals surface area contributed by atoms with Crippen molar-refractivity contribution >= 4 is 22.0 Å². The Morgan fingerprint density at radius 3 is 2.79 bits per heavy atom. The summed E-state index contributed by atoms with van der Waals surface area (Å²) < 4.78 is 6.14. The van der Waals surface area contributed by atoms with Gasteiger partial charge in [0.15, 0.2) is 0 Å². The van der Waals surface area contributed by atoms with Crippen LogP contribution < -0.4 is 10.5 Å². The zero-order valence-corrected chi connectivity index (χ0v) is 9.91. The first-order valence-electron chi connectivity index (χ1n) is 4.41. The number of methoxy groups -OCH3 is 1. The maximum atomic E-state index is 5.61. The van der Waals surface area contributed by atoms with Gasteiger partial charge in [0, 0.05) is 6.04 Å². The van der Waals surface area contributed by atoms with Crippen molar-refractivity contribution in [2.45, 2.75) is 13.0 Å². The summed E-state index contributed by atoms with van der Waals surface area (Å²) in [6.07, 6.45) is 3.93. The lowest BCUT2D eigenvalue weighted by Crippen LogP contribution is -2.09. The molecule has 0 amide bonds. The fourth-order valence-corrected chi connectivity index (χ4v) is 1.45. The van der Waals surface area contributed by atoms with E-state index in [9.17, 15) is 0 Å². The first-order valence-corrected chi connectivity index (χ1v) is 5.20. The van der Waals surface area contributed by atoms with Gasteiger partial charge < -0.3 is 10.5 Å². The predicted molar refractivity (Wildman–Crippen MR) is 63.4 cm³/mol. The molecule has 0 bridgehead atoms. The average molecular weight is 256 g/mol. The van der Waals surface area contributed by atoms with E-state index in [1.54, 1.807) is 7.11 Å². The lowest BCUT2D eigenvalue weighted by Gasteiger charge is -2.04. The largest absolute Gasteiger partial charge is 0.496 e. The van der Waals surface area contributed by atoms with Crippen LogP contribution in [0.15, 0.2) is 28.7 Å². The topological polar surface area (TPSA) is 35.2 Å². The molecule has 0 aliphatic heterocycles. The molecule has 76 valence electrons. The molecule has 1 atom stereocenters. The predicted octanol–water partition coefficient (Wildman–Crippen LogP) is 2.82. The zero-order chi connectivity index (χ0) is 10.6. The van der Waals surface area contributed by atoms with Crippen LogP contribution in [0.1, 0.15) is 12.5 Å². The minimum atomic E-state index is 0.0737. The molecular weight excluding hydrogens is 242 g/mol. The number of halogens is 1. The summed E-state index contributed by atoms with van der Waals surface area (Å²) in [6.45, 7) is 1.94. The Bertz CT molecular complexity index is 334. The van der Waals surface area contributed by atoms with Crippen LogP contribution >= 0.6 is 15.9 Å². The summed E-state index contributed by atoms with van der Waals surface area (Å²) in [4.78, 5) is 0. The van der Waals surface area contributed by atoms with Crippen LogP contribution in [0.4, 0.5) is 0 Å². The van der Waals surface area contributed by atoms with Crippen molar-refractivity contribution in [3.8, 4) is 5.75 Å². The van der Waals surface area contributed by atoms with Gasteiger partial charge in [-0.2, -0.15) is 0 Å². The molecule has 1 unspecified atom stereocenters. The smallest absolute Gasteiger partial charge is 0.133 e. The second kappa shape index (κ2) is 5.17. The number of nitrogens with two attached hydrogens (primary N) is 1. The van der Waals surface area contributed by atoms with Crippen LogP contribution in [-0.4, -0.2) is 13.2 Å². The molecule has 0 spiro atoms. The van der Waals surface area contributed by atoms with Crippen molar-refractivity contribution in [2.75, 3.05) is 7.11 Å². The first kappa shape index (κ1) is 11.3. The van der Waals surface area contributed by atoms with Gasteiger partial charge in [-0.25, -0.2) is 0 Å². The Balaban J connectivity index is 2.89. The molecule has 0 aliphatic carbocycles. The van der Waals surface area contributed by atoms with Crippen molar-refractivity contribution in [3.05, 3.63) is 34.3 Å². The summed E-state index contributed by atoms with van der Waals surface area (Å²) in [5.41, 5.74) is 6.70. The summed E-state index contributed by atoms with van der Waals surface area (Å²) in [6, 6.07) is 6.00. The van der Waals surface area contributed by atoms with Gasteiger partial charge in [0.1, 0.15) is 5.75 Å². The Labute approximate surface area is 92.9 Å². The fourth-order valence-electron chi connectivity index (χ4n) is 1.04. The number of ether oxygens (including phenoxy) is 1. The van der Waals surface area contributed by atoms with Gasteiger partial charge in [0.2, 0.25) is 0 Å². The molecule has 0 aliphatic rings. The number of hydrogen-bond donors (Lipinski definition) is 1. The highest BCUT2D eigenvalue weighted by Gasteiger charge is 1.99. The Hall–Kier alpha value is -0.800. The maximum absolute atomic E-state index is 5.61. The first-order chi connectivity index (χ1) is 6.63.